The quantitative estimate of drug-likeness (QED) is 0.802. The fourth-order valence-corrected chi connectivity index (χ4v) is 1.34. The molecule has 0 saturated carbocycles. The minimum Gasteiger partial charge on any atom is -0.324 e. The number of aromatic nitrogens is 1. The molecule has 1 aromatic rings. The van der Waals surface area contributed by atoms with Crippen molar-refractivity contribution in [2.24, 2.45) is 0 Å². The van der Waals surface area contributed by atoms with E-state index in [1.807, 2.05) is 21.0 Å². The third-order valence-electron chi connectivity index (χ3n) is 2.07. The lowest BCUT2D eigenvalue weighted by Crippen LogP contribution is -2.28. The smallest absolute Gasteiger partial charge is 0.250 e. The third-order valence-corrected chi connectivity index (χ3v) is 2.07. The molecule has 0 spiro atoms. The summed E-state index contributed by atoms with van der Waals surface area (Å²) in [7, 11) is 3.65. The number of rotatable bonds is 4. The highest BCUT2D eigenvalue weighted by molar-refractivity contribution is 5.91. The fraction of sp³-hybridized carbons (Fsp3) is 0.455. The molecule has 1 amide bonds. The van der Waals surface area contributed by atoms with Crippen LogP contribution < -0.4 is 10.9 Å². The maximum atomic E-state index is 11.5. The van der Waals surface area contributed by atoms with Gasteiger partial charge in [0.05, 0.1) is 12.2 Å². The van der Waals surface area contributed by atoms with Crippen LogP contribution in [0.4, 0.5) is 5.69 Å². The maximum Gasteiger partial charge on any atom is 0.250 e. The van der Waals surface area contributed by atoms with Crippen molar-refractivity contribution in [3.8, 4) is 0 Å². The Balaban J connectivity index is 2.74. The van der Waals surface area contributed by atoms with Gasteiger partial charge in [0.25, 0.3) is 5.56 Å². The fourth-order valence-electron chi connectivity index (χ4n) is 1.34. The molecule has 0 aliphatic carbocycles. The van der Waals surface area contributed by atoms with Gasteiger partial charge in [0.15, 0.2) is 0 Å². The number of likely N-dealkylation sites (N-methyl/N-ethyl adjacent to an activating group) is 1. The Morgan fingerprint density at radius 1 is 1.44 bits per heavy atom. The van der Waals surface area contributed by atoms with Crippen LogP contribution in [0.2, 0.25) is 0 Å². The van der Waals surface area contributed by atoms with Gasteiger partial charge < -0.3 is 14.8 Å². The zero-order chi connectivity index (χ0) is 12.1. The van der Waals surface area contributed by atoms with Crippen LogP contribution in [-0.2, 0) is 11.3 Å². The van der Waals surface area contributed by atoms with Crippen molar-refractivity contribution in [3.05, 3.63) is 28.7 Å². The third kappa shape index (κ3) is 3.51. The molecule has 0 fully saturated rings. The molecule has 0 aromatic carbocycles. The zero-order valence-electron chi connectivity index (χ0n) is 9.86. The normalized spacial score (nSPS) is 10.5. The van der Waals surface area contributed by atoms with Gasteiger partial charge in [-0.25, -0.2) is 0 Å². The molecule has 0 radical (unpaired) electrons. The molecule has 5 heteroatoms. The predicted molar refractivity (Wildman–Crippen MR) is 63.6 cm³/mol. The minimum absolute atomic E-state index is 0.0619. The Labute approximate surface area is 94.7 Å². The van der Waals surface area contributed by atoms with E-state index in [0.717, 1.165) is 0 Å². The number of anilines is 1. The maximum absolute atomic E-state index is 11.5. The van der Waals surface area contributed by atoms with E-state index in [0.29, 0.717) is 18.8 Å². The number of aryl methyl sites for hydroxylation is 1. The summed E-state index contributed by atoms with van der Waals surface area (Å²) in [4.78, 5) is 24.6. The first-order valence-electron chi connectivity index (χ1n) is 5.18. The minimum atomic E-state index is -0.0914. The molecule has 16 heavy (non-hydrogen) atoms. The van der Waals surface area contributed by atoms with E-state index in [9.17, 15) is 9.59 Å². The molecule has 1 heterocycles. The highest BCUT2D eigenvalue weighted by Crippen LogP contribution is 2.02. The largest absolute Gasteiger partial charge is 0.324 e. The van der Waals surface area contributed by atoms with Crippen LogP contribution in [0.5, 0.6) is 0 Å². The number of nitrogens with one attached hydrogen (secondary N) is 1. The highest BCUT2D eigenvalue weighted by atomic mass is 16.2. The van der Waals surface area contributed by atoms with Crippen LogP contribution in [0.25, 0.3) is 0 Å². The second-order valence-electron chi connectivity index (χ2n) is 3.83. The van der Waals surface area contributed by atoms with Crippen molar-refractivity contribution in [2.45, 2.75) is 13.5 Å². The average Bonchev–Trinajstić information content (AvgIpc) is 2.19. The Morgan fingerprint density at radius 3 is 2.69 bits per heavy atom. The zero-order valence-corrected chi connectivity index (χ0v) is 9.86. The summed E-state index contributed by atoms with van der Waals surface area (Å²) < 4.78 is 1.55. The second-order valence-corrected chi connectivity index (χ2v) is 3.83. The van der Waals surface area contributed by atoms with Gasteiger partial charge >= 0.3 is 0 Å². The molecule has 0 aliphatic heterocycles. The summed E-state index contributed by atoms with van der Waals surface area (Å²) >= 11 is 0. The topological polar surface area (TPSA) is 54.3 Å². The number of hydrogen-bond acceptors (Lipinski definition) is 3. The molecule has 0 bridgehead atoms. The van der Waals surface area contributed by atoms with Crippen molar-refractivity contribution in [3.63, 3.8) is 0 Å². The number of nitrogens with zero attached hydrogens (tertiary/aromatic N) is 2. The van der Waals surface area contributed by atoms with E-state index in [4.69, 9.17) is 0 Å². The number of carbonyl (C=O) groups is 1. The first-order chi connectivity index (χ1) is 7.52. The number of carbonyl (C=O) groups excluding carboxylic acids is 1. The van der Waals surface area contributed by atoms with Crippen LogP contribution in [0.3, 0.4) is 0 Å². The lowest BCUT2D eigenvalue weighted by Gasteiger charge is -2.11. The van der Waals surface area contributed by atoms with E-state index in [-0.39, 0.29) is 11.5 Å². The molecule has 5 nitrogen and oxygen atoms in total. The molecule has 0 unspecified atom stereocenters. The monoisotopic (exact) mass is 223 g/mol. The molecule has 88 valence electrons. The molecule has 0 atom stereocenters. The van der Waals surface area contributed by atoms with E-state index in [1.54, 1.807) is 21.7 Å². The Hall–Kier alpha value is -1.62. The van der Waals surface area contributed by atoms with Gasteiger partial charge in [0.1, 0.15) is 0 Å². The van der Waals surface area contributed by atoms with E-state index in [2.05, 4.69) is 5.32 Å². The number of pyridine rings is 1. The van der Waals surface area contributed by atoms with Crippen LogP contribution in [0, 0.1) is 0 Å². The van der Waals surface area contributed by atoms with Gasteiger partial charge in [-0.05, 0) is 27.1 Å². The molecule has 0 saturated heterocycles. The van der Waals surface area contributed by atoms with E-state index in [1.165, 1.54) is 6.07 Å². The van der Waals surface area contributed by atoms with Gasteiger partial charge in [-0.15, -0.1) is 0 Å². The Bertz CT molecular complexity index is 423. The van der Waals surface area contributed by atoms with Gasteiger partial charge in [0.2, 0.25) is 5.91 Å². The Kier molecular flexibility index (Phi) is 4.25. The van der Waals surface area contributed by atoms with Crippen LogP contribution in [-0.4, -0.2) is 36.0 Å². The lowest BCUT2D eigenvalue weighted by molar-refractivity contribution is -0.116. The number of amides is 1. The molecular weight excluding hydrogens is 206 g/mol. The van der Waals surface area contributed by atoms with Crippen molar-refractivity contribution in [1.82, 2.24) is 9.47 Å². The summed E-state index contributed by atoms with van der Waals surface area (Å²) in [5.74, 6) is -0.0914. The van der Waals surface area contributed by atoms with Gasteiger partial charge in [-0.2, -0.15) is 0 Å². The molecular formula is C11H17N3O2. The van der Waals surface area contributed by atoms with Crippen LogP contribution >= 0.6 is 0 Å². The predicted octanol–water partition coefficient (Wildman–Crippen LogP) is 0.368. The van der Waals surface area contributed by atoms with E-state index < -0.39 is 0 Å². The molecule has 1 aromatic heterocycles. The van der Waals surface area contributed by atoms with E-state index >= 15 is 0 Å². The summed E-state index contributed by atoms with van der Waals surface area (Å²) in [5, 5.41) is 2.73. The summed E-state index contributed by atoms with van der Waals surface area (Å²) in [6, 6.07) is 3.07. The average molecular weight is 223 g/mol. The van der Waals surface area contributed by atoms with Gasteiger partial charge in [-0.1, -0.05) is 0 Å². The SMILES string of the molecule is CCn1cc(NC(=O)CN(C)C)ccc1=O. The molecule has 0 aliphatic rings. The van der Waals surface area contributed by atoms with Crippen molar-refractivity contribution in [1.29, 1.82) is 0 Å². The molecule has 1 rings (SSSR count). The first-order valence-corrected chi connectivity index (χ1v) is 5.18. The first kappa shape index (κ1) is 12.4. The number of hydrogen-bond donors (Lipinski definition) is 1. The lowest BCUT2D eigenvalue weighted by atomic mass is 10.4. The van der Waals surface area contributed by atoms with Crippen LogP contribution in [0.15, 0.2) is 23.1 Å². The summed E-state index contributed by atoms with van der Waals surface area (Å²) in [6.45, 7) is 2.80. The van der Waals surface area contributed by atoms with Crippen LogP contribution in [0.1, 0.15) is 6.92 Å². The van der Waals surface area contributed by atoms with Gasteiger partial charge in [0, 0.05) is 18.8 Å². The Morgan fingerprint density at radius 2 is 2.12 bits per heavy atom. The van der Waals surface area contributed by atoms with Crippen molar-refractivity contribution >= 4 is 11.6 Å². The second kappa shape index (κ2) is 5.46. The highest BCUT2D eigenvalue weighted by Gasteiger charge is 2.04. The van der Waals surface area contributed by atoms with Crippen molar-refractivity contribution in [2.75, 3.05) is 26.0 Å². The summed E-state index contributed by atoms with van der Waals surface area (Å²) in [6.07, 6.45) is 1.65. The molecule has 1 N–H and O–H groups in total. The van der Waals surface area contributed by atoms with Crippen molar-refractivity contribution < 1.29 is 4.79 Å². The van der Waals surface area contributed by atoms with Gasteiger partial charge in [-0.3, -0.25) is 9.59 Å². The summed E-state index contributed by atoms with van der Waals surface area (Å²) in [5.41, 5.74) is 0.585. The standard InChI is InChI=1S/C11H17N3O2/c1-4-14-7-9(5-6-11(14)16)12-10(15)8-13(2)3/h5-7H,4,8H2,1-3H3,(H,12,15).